The predicted octanol–water partition coefficient (Wildman–Crippen LogP) is 4.31. The fraction of sp³-hybridized carbons (Fsp3) is 0.750. The molecule has 2 rings (SSSR count). The number of hydrogen-bond acceptors (Lipinski definition) is 2. The van der Waals surface area contributed by atoms with Gasteiger partial charge in [-0.05, 0) is 25.2 Å². The predicted molar refractivity (Wildman–Crippen MR) is 62.0 cm³/mol. The molecule has 0 saturated heterocycles. The first-order valence-corrected chi connectivity index (χ1v) is 6.58. The largest absolute Gasteiger partial charge is 0.249 e. The van der Waals surface area contributed by atoms with E-state index in [1.807, 2.05) is 11.3 Å². The molecule has 0 bridgehead atoms. The molecular formula is C12H19NS. The number of hydrogen-bond donors (Lipinski definition) is 0. The van der Waals surface area contributed by atoms with Gasteiger partial charge in [-0.3, -0.25) is 0 Å². The number of thiazole rings is 1. The van der Waals surface area contributed by atoms with Crippen molar-refractivity contribution in [3.63, 3.8) is 0 Å². The zero-order valence-electron chi connectivity index (χ0n) is 9.12. The Kier molecular flexibility index (Phi) is 3.22. The molecule has 0 amide bonds. The maximum absolute atomic E-state index is 4.59. The molecule has 78 valence electrons. The van der Waals surface area contributed by atoms with Crippen LogP contribution in [0, 0.1) is 0 Å². The van der Waals surface area contributed by atoms with E-state index in [1.165, 1.54) is 42.0 Å². The van der Waals surface area contributed by atoms with Gasteiger partial charge < -0.3 is 0 Å². The Hall–Kier alpha value is -0.370. The molecule has 1 aromatic heterocycles. The molecule has 1 saturated carbocycles. The highest BCUT2D eigenvalue weighted by Gasteiger charge is 2.20. The van der Waals surface area contributed by atoms with Crippen LogP contribution < -0.4 is 0 Å². The minimum Gasteiger partial charge on any atom is -0.249 e. The maximum Gasteiger partial charge on any atom is 0.0958 e. The standard InChI is InChI=1S/C12H19NS/c1-3-9(2)11-8-13-12(14-11)10-6-4-5-7-10/h8-10H,3-7H2,1-2H3. The zero-order valence-corrected chi connectivity index (χ0v) is 9.94. The van der Waals surface area contributed by atoms with Crippen molar-refractivity contribution < 1.29 is 0 Å². The first-order valence-electron chi connectivity index (χ1n) is 5.77. The van der Waals surface area contributed by atoms with Gasteiger partial charge in [0.15, 0.2) is 0 Å². The summed E-state index contributed by atoms with van der Waals surface area (Å²) in [7, 11) is 0. The monoisotopic (exact) mass is 209 g/mol. The van der Waals surface area contributed by atoms with Crippen LogP contribution in [-0.4, -0.2) is 4.98 Å². The third-order valence-corrected chi connectivity index (χ3v) is 4.74. The van der Waals surface area contributed by atoms with E-state index in [2.05, 4.69) is 25.0 Å². The first kappa shape index (κ1) is 10.2. The maximum atomic E-state index is 4.59. The minimum absolute atomic E-state index is 0.697. The van der Waals surface area contributed by atoms with Crippen molar-refractivity contribution >= 4 is 11.3 Å². The Bertz CT molecular complexity index is 286. The van der Waals surface area contributed by atoms with Crippen LogP contribution in [0.1, 0.15) is 67.7 Å². The van der Waals surface area contributed by atoms with Crippen molar-refractivity contribution in [3.8, 4) is 0 Å². The van der Waals surface area contributed by atoms with Gasteiger partial charge in [0.1, 0.15) is 0 Å². The van der Waals surface area contributed by atoms with E-state index in [1.54, 1.807) is 0 Å². The SMILES string of the molecule is CCC(C)c1cnc(C2CCCC2)s1. The molecule has 0 radical (unpaired) electrons. The second kappa shape index (κ2) is 4.43. The normalized spacial score (nSPS) is 20.1. The number of rotatable bonds is 3. The molecule has 1 aliphatic carbocycles. The van der Waals surface area contributed by atoms with E-state index in [0.717, 1.165) is 5.92 Å². The lowest BCUT2D eigenvalue weighted by molar-refractivity contribution is 0.716. The molecule has 0 spiro atoms. The average Bonchev–Trinajstić information content (AvgIpc) is 2.86. The molecule has 1 fully saturated rings. The summed E-state index contributed by atoms with van der Waals surface area (Å²) in [5, 5.41) is 1.40. The van der Waals surface area contributed by atoms with E-state index < -0.39 is 0 Å². The van der Waals surface area contributed by atoms with E-state index in [9.17, 15) is 0 Å². The van der Waals surface area contributed by atoms with Gasteiger partial charge in [-0.2, -0.15) is 0 Å². The van der Waals surface area contributed by atoms with Crippen LogP contribution in [0.4, 0.5) is 0 Å². The lowest BCUT2D eigenvalue weighted by Gasteiger charge is -2.04. The molecule has 1 nitrogen and oxygen atoms in total. The fourth-order valence-corrected chi connectivity index (χ4v) is 3.31. The molecule has 0 aliphatic heterocycles. The molecule has 0 aromatic carbocycles. The zero-order chi connectivity index (χ0) is 9.97. The minimum atomic E-state index is 0.697. The summed E-state index contributed by atoms with van der Waals surface area (Å²) in [4.78, 5) is 6.07. The molecule has 1 unspecified atom stereocenters. The Morgan fingerprint density at radius 1 is 1.50 bits per heavy atom. The molecule has 1 aromatic rings. The highest BCUT2D eigenvalue weighted by Crippen LogP contribution is 2.37. The van der Waals surface area contributed by atoms with E-state index in [0.29, 0.717) is 5.92 Å². The summed E-state index contributed by atoms with van der Waals surface area (Å²) in [6, 6.07) is 0. The van der Waals surface area contributed by atoms with Gasteiger partial charge in [-0.15, -0.1) is 11.3 Å². The number of aromatic nitrogens is 1. The van der Waals surface area contributed by atoms with Gasteiger partial charge in [0.2, 0.25) is 0 Å². The van der Waals surface area contributed by atoms with Crippen molar-refractivity contribution in [2.24, 2.45) is 0 Å². The molecule has 2 heteroatoms. The topological polar surface area (TPSA) is 12.9 Å². The van der Waals surface area contributed by atoms with Crippen LogP contribution in [0.15, 0.2) is 6.20 Å². The summed E-state index contributed by atoms with van der Waals surface area (Å²) in [5.41, 5.74) is 0. The van der Waals surface area contributed by atoms with E-state index in [-0.39, 0.29) is 0 Å². The van der Waals surface area contributed by atoms with Gasteiger partial charge in [-0.25, -0.2) is 4.98 Å². The molecule has 0 N–H and O–H groups in total. The van der Waals surface area contributed by atoms with Crippen molar-refractivity contribution in [1.29, 1.82) is 0 Å². The van der Waals surface area contributed by atoms with Gasteiger partial charge in [-0.1, -0.05) is 26.7 Å². The van der Waals surface area contributed by atoms with Crippen LogP contribution >= 0.6 is 11.3 Å². The van der Waals surface area contributed by atoms with Gasteiger partial charge in [0, 0.05) is 17.0 Å². The van der Waals surface area contributed by atoms with Crippen LogP contribution in [0.2, 0.25) is 0 Å². The highest BCUT2D eigenvalue weighted by molar-refractivity contribution is 7.11. The van der Waals surface area contributed by atoms with Crippen LogP contribution in [0.3, 0.4) is 0 Å². The first-order chi connectivity index (χ1) is 6.81. The Balaban J connectivity index is 2.08. The quantitative estimate of drug-likeness (QED) is 0.722. The lowest BCUT2D eigenvalue weighted by Crippen LogP contribution is -1.89. The molecule has 1 heterocycles. The van der Waals surface area contributed by atoms with Crippen molar-refractivity contribution in [3.05, 3.63) is 16.1 Å². The third kappa shape index (κ3) is 2.00. The Morgan fingerprint density at radius 3 is 2.86 bits per heavy atom. The lowest BCUT2D eigenvalue weighted by atomic mass is 10.1. The second-order valence-corrected chi connectivity index (χ2v) is 5.49. The summed E-state index contributed by atoms with van der Waals surface area (Å²) < 4.78 is 0. The molecule has 1 aliphatic rings. The second-order valence-electron chi connectivity index (χ2n) is 4.39. The van der Waals surface area contributed by atoms with Gasteiger partial charge in [0.05, 0.1) is 5.01 Å². The Labute approximate surface area is 90.6 Å². The van der Waals surface area contributed by atoms with Crippen molar-refractivity contribution in [2.75, 3.05) is 0 Å². The average molecular weight is 209 g/mol. The summed E-state index contributed by atoms with van der Waals surface area (Å²) in [5.74, 6) is 1.49. The number of nitrogens with zero attached hydrogens (tertiary/aromatic N) is 1. The summed E-state index contributed by atoms with van der Waals surface area (Å²) >= 11 is 1.95. The van der Waals surface area contributed by atoms with Crippen LogP contribution in [0.25, 0.3) is 0 Å². The van der Waals surface area contributed by atoms with E-state index >= 15 is 0 Å². The Morgan fingerprint density at radius 2 is 2.21 bits per heavy atom. The molecular weight excluding hydrogens is 190 g/mol. The van der Waals surface area contributed by atoms with Crippen molar-refractivity contribution in [1.82, 2.24) is 4.98 Å². The summed E-state index contributed by atoms with van der Waals surface area (Å²) in [6.45, 7) is 4.55. The molecule has 1 atom stereocenters. The summed E-state index contributed by atoms with van der Waals surface area (Å²) in [6.07, 6.45) is 8.88. The van der Waals surface area contributed by atoms with Crippen LogP contribution in [0.5, 0.6) is 0 Å². The highest BCUT2D eigenvalue weighted by atomic mass is 32.1. The van der Waals surface area contributed by atoms with E-state index in [4.69, 9.17) is 0 Å². The molecule has 14 heavy (non-hydrogen) atoms. The van der Waals surface area contributed by atoms with Crippen LogP contribution in [-0.2, 0) is 0 Å². The fourth-order valence-electron chi connectivity index (χ4n) is 2.09. The van der Waals surface area contributed by atoms with Gasteiger partial charge >= 0.3 is 0 Å². The van der Waals surface area contributed by atoms with Gasteiger partial charge in [0.25, 0.3) is 0 Å². The smallest absolute Gasteiger partial charge is 0.0958 e. The van der Waals surface area contributed by atoms with Crippen molar-refractivity contribution in [2.45, 2.75) is 57.8 Å². The third-order valence-electron chi connectivity index (χ3n) is 3.34.